The van der Waals surface area contributed by atoms with Gasteiger partial charge in [-0.15, -0.1) is 11.3 Å². The SMILES string of the molecule is CC(C)CCCNC(=O)c1sccc1C#CCN. The van der Waals surface area contributed by atoms with Crippen molar-refractivity contribution in [1.29, 1.82) is 0 Å². The zero-order valence-electron chi connectivity index (χ0n) is 11.0. The van der Waals surface area contributed by atoms with Gasteiger partial charge < -0.3 is 11.1 Å². The highest BCUT2D eigenvalue weighted by molar-refractivity contribution is 7.12. The summed E-state index contributed by atoms with van der Waals surface area (Å²) in [6.45, 7) is 5.40. The van der Waals surface area contributed by atoms with Crippen LogP contribution in [0.5, 0.6) is 0 Å². The molecule has 0 fully saturated rings. The van der Waals surface area contributed by atoms with Crippen LogP contribution in [0, 0.1) is 17.8 Å². The third-order valence-corrected chi connectivity index (χ3v) is 3.35. The molecule has 98 valence electrons. The van der Waals surface area contributed by atoms with Gasteiger partial charge in [-0.3, -0.25) is 4.79 Å². The summed E-state index contributed by atoms with van der Waals surface area (Å²) in [4.78, 5) is 12.6. The number of thiophene rings is 1. The molecule has 0 spiro atoms. The van der Waals surface area contributed by atoms with Gasteiger partial charge in [-0.05, 0) is 30.2 Å². The van der Waals surface area contributed by atoms with Gasteiger partial charge in [0.15, 0.2) is 0 Å². The maximum Gasteiger partial charge on any atom is 0.262 e. The summed E-state index contributed by atoms with van der Waals surface area (Å²) >= 11 is 1.42. The van der Waals surface area contributed by atoms with E-state index in [-0.39, 0.29) is 5.91 Å². The molecular formula is C14H20N2OS. The Morgan fingerprint density at radius 1 is 1.56 bits per heavy atom. The monoisotopic (exact) mass is 264 g/mol. The maximum atomic E-state index is 11.9. The molecule has 0 unspecified atom stereocenters. The number of nitrogens with one attached hydrogen (secondary N) is 1. The van der Waals surface area contributed by atoms with Crippen LogP contribution in [0.25, 0.3) is 0 Å². The van der Waals surface area contributed by atoms with Crippen molar-refractivity contribution in [2.75, 3.05) is 13.1 Å². The molecule has 3 nitrogen and oxygen atoms in total. The van der Waals surface area contributed by atoms with Gasteiger partial charge in [0.05, 0.1) is 6.54 Å². The van der Waals surface area contributed by atoms with Gasteiger partial charge in [-0.2, -0.15) is 0 Å². The molecule has 0 bridgehead atoms. The van der Waals surface area contributed by atoms with Crippen molar-refractivity contribution >= 4 is 17.2 Å². The van der Waals surface area contributed by atoms with Crippen LogP contribution in [-0.2, 0) is 0 Å². The minimum absolute atomic E-state index is 0.0323. The lowest BCUT2D eigenvalue weighted by atomic mass is 10.1. The topological polar surface area (TPSA) is 55.1 Å². The van der Waals surface area contributed by atoms with E-state index in [9.17, 15) is 4.79 Å². The normalized spacial score (nSPS) is 10.0. The summed E-state index contributed by atoms with van der Waals surface area (Å²) in [5, 5.41) is 4.81. The Bertz CT molecular complexity index is 440. The lowest BCUT2D eigenvalue weighted by Gasteiger charge is -2.06. The molecule has 4 heteroatoms. The summed E-state index contributed by atoms with van der Waals surface area (Å²) < 4.78 is 0. The number of carbonyl (C=O) groups is 1. The number of nitrogens with two attached hydrogens (primary N) is 1. The average molecular weight is 264 g/mol. The second-order valence-corrected chi connectivity index (χ2v) is 5.38. The highest BCUT2D eigenvalue weighted by Crippen LogP contribution is 2.15. The summed E-state index contributed by atoms with van der Waals surface area (Å²) in [7, 11) is 0. The molecule has 0 saturated heterocycles. The largest absolute Gasteiger partial charge is 0.351 e. The van der Waals surface area contributed by atoms with Gasteiger partial charge in [0, 0.05) is 12.1 Å². The molecule has 0 atom stereocenters. The Morgan fingerprint density at radius 3 is 3.00 bits per heavy atom. The Kier molecular flexibility index (Phi) is 6.48. The van der Waals surface area contributed by atoms with Crippen LogP contribution in [0.15, 0.2) is 11.4 Å². The van der Waals surface area contributed by atoms with E-state index in [1.165, 1.54) is 11.3 Å². The lowest BCUT2D eigenvalue weighted by Crippen LogP contribution is -2.24. The molecule has 1 aromatic rings. The molecular weight excluding hydrogens is 244 g/mol. The van der Waals surface area contributed by atoms with E-state index in [0.717, 1.165) is 24.9 Å². The van der Waals surface area contributed by atoms with Crippen LogP contribution in [0.4, 0.5) is 0 Å². The number of carbonyl (C=O) groups excluding carboxylic acids is 1. The molecule has 1 rings (SSSR count). The van der Waals surface area contributed by atoms with E-state index in [1.807, 2.05) is 11.4 Å². The average Bonchev–Trinajstić information content (AvgIpc) is 2.79. The highest BCUT2D eigenvalue weighted by Gasteiger charge is 2.11. The van der Waals surface area contributed by atoms with Crippen LogP contribution < -0.4 is 11.1 Å². The van der Waals surface area contributed by atoms with Crippen LogP contribution in [0.1, 0.15) is 41.9 Å². The summed E-state index contributed by atoms with van der Waals surface area (Å²) in [6.07, 6.45) is 2.14. The molecule has 0 aliphatic rings. The van der Waals surface area contributed by atoms with Crippen LogP contribution in [-0.4, -0.2) is 19.0 Å². The molecule has 0 aliphatic heterocycles. The van der Waals surface area contributed by atoms with E-state index in [2.05, 4.69) is 31.0 Å². The van der Waals surface area contributed by atoms with Crippen molar-refractivity contribution in [1.82, 2.24) is 5.32 Å². The Hall–Kier alpha value is -1.31. The summed E-state index contributed by atoms with van der Waals surface area (Å²) in [5.74, 6) is 6.33. The van der Waals surface area contributed by atoms with Crippen molar-refractivity contribution in [3.8, 4) is 11.8 Å². The Labute approximate surface area is 113 Å². The second kappa shape index (κ2) is 7.91. The molecule has 3 N–H and O–H groups in total. The third kappa shape index (κ3) is 4.91. The van der Waals surface area contributed by atoms with Gasteiger partial charge in [-0.25, -0.2) is 0 Å². The quantitative estimate of drug-likeness (QED) is 0.633. The Morgan fingerprint density at radius 2 is 2.33 bits per heavy atom. The van der Waals surface area contributed by atoms with Crippen molar-refractivity contribution in [2.24, 2.45) is 11.7 Å². The zero-order chi connectivity index (χ0) is 13.4. The first-order valence-corrected chi connectivity index (χ1v) is 7.07. The van der Waals surface area contributed by atoms with Crippen molar-refractivity contribution in [3.63, 3.8) is 0 Å². The van der Waals surface area contributed by atoms with E-state index in [4.69, 9.17) is 5.73 Å². The smallest absolute Gasteiger partial charge is 0.262 e. The van der Waals surface area contributed by atoms with Gasteiger partial charge in [0.2, 0.25) is 0 Å². The highest BCUT2D eigenvalue weighted by atomic mass is 32.1. The van der Waals surface area contributed by atoms with Gasteiger partial charge >= 0.3 is 0 Å². The first-order valence-electron chi connectivity index (χ1n) is 6.19. The number of hydrogen-bond acceptors (Lipinski definition) is 3. The first-order chi connectivity index (χ1) is 8.65. The number of amides is 1. The molecule has 1 heterocycles. The lowest BCUT2D eigenvalue weighted by molar-refractivity contribution is 0.0956. The standard InChI is InChI=1S/C14H20N2OS/c1-11(2)5-4-9-16-14(17)13-12(6-3-8-15)7-10-18-13/h7,10-11H,4-5,8-9,15H2,1-2H3,(H,16,17). The van der Waals surface area contributed by atoms with Crippen LogP contribution >= 0.6 is 11.3 Å². The minimum atomic E-state index is -0.0323. The molecule has 0 radical (unpaired) electrons. The maximum absolute atomic E-state index is 11.9. The predicted octanol–water partition coefficient (Wildman–Crippen LogP) is 2.22. The van der Waals surface area contributed by atoms with E-state index in [0.29, 0.717) is 17.3 Å². The fourth-order valence-corrected chi connectivity index (χ4v) is 2.29. The van der Waals surface area contributed by atoms with E-state index < -0.39 is 0 Å². The fraction of sp³-hybridized carbons (Fsp3) is 0.500. The van der Waals surface area contributed by atoms with Gasteiger partial charge in [-0.1, -0.05) is 25.7 Å². The number of rotatable bonds is 5. The predicted molar refractivity (Wildman–Crippen MR) is 76.7 cm³/mol. The molecule has 0 aliphatic carbocycles. The molecule has 1 amide bonds. The molecule has 0 aromatic carbocycles. The zero-order valence-corrected chi connectivity index (χ0v) is 11.8. The Balaban J connectivity index is 2.49. The number of hydrogen-bond donors (Lipinski definition) is 2. The summed E-state index contributed by atoms with van der Waals surface area (Å²) in [6, 6.07) is 1.86. The molecule has 1 aromatic heterocycles. The van der Waals surface area contributed by atoms with E-state index in [1.54, 1.807) is 0 Å². The van der Waals surface area contributed by atoms with Crippen molar-refractivity contribution < 1.29 is 4.79 Å². The molecule has 0 saturated carbocycles. The van der Waals surface area contributed by atoms with Crippen LogP contribution in [0.2, 0.25) is 0 Å². The van der Waals surface area contributed by atoms with Crippen molar-refractivity contribution in [2.45, 2.75) is 26.7 Å². The molecule has 18 heavy (non-hydrogen) atoms. The van der Waals surface area contributed by atoms with E-state index >= 15 is 0 Å². The minimum Gasteiger partial charge on any atom is -0.351 e. The summed E-state index contributed by atoms with van der Waals surface area (Å²) in [5.41, 5.74) is 6.10. The third-order valence-electron chi connectivity index (χ3n) is 2.44. The second-order valence-electron chi connectivity index (χ2n) is 4.46. The van der Waals surface area contributed by atoms with Crippen molar-refractivity contribution in [3.05, 3.63) is 21.9 Å². The van der Waals surface area contributed by atoms with Gasteiger partial charge in [0.1, 0.15) is 4.88 Å². The van der Waals surface area contributed by atoms with Crippen LogP contribution in [0.3, 0.4) is 0 Å². The first kappa shape index (κ1) is 14.7. The fourth-order valence-electron chi connectivity index (χ4n) is 1.52. The van der Waals surface area contributed by atoms with Gasteiger partial charge in [0.25, 0.3) is 5.91 Å².